The Kier molecular flexibility index (Phi) is 2.62. The van der Waals surface area contributed by atoms with Gasteiger partial charge in [-0.1, -0.05) is 0 Å². The lowest BCUT2D eigenvalue weighted by atomic mass is 9.69. The van der Waals surface area contributed by atoms with Crippen LogP contribution in [0.1, 0.15) is 13.8 Å². The van der Waals surface area contributed by atoms with Crippen molar-refractivity contribution in [2.24, 2.45) is 0 Å². The number of rotatable bonds is 1. The Morgan fingerprint density at radius 2 is 2.24 bits per heavy atom. The SMILES string of the molecule is CNC1OB2OC(C)C3=C2C(=C1C)C=COC3. The van der Waals surface area contributed by atoms with E-state index in [9.17, 15) is 0 Å². The van der Waals surface area contributed by atoms with Crippen LogP contribution in [-0.4, -0.2) is 33.1 Å². The zero-order valence-electron chi connectivity index (χ0n) is 10.3. The molecule has 0 bridgehead atoms. The quantitative estimate of drug-likeness (QED) is 0.690. The third kappa shape index (κ3) is 1.57. The molecule has 2 atom stereocenters. The largest absolute Gasteiger partial charge is 0.497 e. The first-order valence-corrected chi connectivity index (χ1v) is 5.92. The van der Waals surface area contributed by atoms with Crippen molar-refractivity contribution in [2.75, 3.05) is 13.7 Å². The lowest BCUT2D eigenvalue weighted by Crippen LogP contribution is -2.42. The van der Waals surface area contributed by atoms with Crippen molar-refractivity contribution >= 4 is 7.12 Å². The smallest absolute Gasteiger partial charge is 0.496 e. The Bertz CT molecular complexity index is 441. The van der Waals surface area contributed by atoms with E-state index >= 15 is 0 Å². The van der Waals surface area contributed by atoms with Gasteiger partial charge in [0, 0.05) is 0 Å². The monoisotopic (exact) mass is 233 g/mol. The van der Waals surface area contributed by atoms with Crippen LogP contribution in [0.15, 0.2) is 34.5 Å². The molecule has 0 amide bonds. The topological polar surface area (TPSA) is 39.7 Å². The predicted octanol–water partition coefficient (Wildman–Crippen LogP) is 1.17. The molecule has 90 valence electrons. The van der Waals surface area contributed by atoms with E-state index in [0.29, 0.717) is 6.61 Å². The third-order valence-corrected chi connectivity index (χ3v) is 3.60. The summed E-state index contributed by atoms with van der Waals surface area (Å²) >= 11 is 0. The summed E-state index contributed by atoms with van der Waals surface area (Å²) in [5.41, 5.74) is 4.73. The fourth-order valence-electron chi connectivity index (χ4n) is 2.64. The van der Waals surface area contributed by atoms with E-state index in [1.54, 1.807) is 6.26 Å². The molecule has 5 heteroatoms. The molecule has 0 radical (unpaired) electrons. The average molecular weight is 233 g/mol. The summed E-state index contributed by atoms with van der Waals surface area (Å²) in [5, 5.41) is 3.15. The van der Waals surface area contributed by atoms with E-state index in [1.807, 2.05) is 20.0 Å². The zero-order valence-corrected chi connectivity index (χ0v) is 10.3. The minimum atomic E-state index is -0.262. The molecular weight excluding hydrogens is 217 g/mol. The highest BCUT2D eigenvalue weighted by Gasteiger charge is 2.45. The third-order valence-electron chi connectivity index (χ3n) is 3.60. The Balaban J connectivity index is 2.14. The summed E-state index contributed by atoms with van der Waals surface area (Å²) in [4.78, 5) is 0. The Morgan fingerprint density at radius 1 is 1.41 bits per heavy atom. The number of hydrogen-bond donors (Lipinski definition) is 1. The van der Waals surface area contributed by atoms with Gasteiger partial charge in [-0.3, -0.25) is 5.32 Å². The fourth-order valence-corrected chi connectivity index (χ4v) is 2.64. The van der Waals surface area contributed by atoms with Gasteiger partial charge >= 0.3 is 7.12 Å². The lowest BCUT2D eigenvalue weighted by Gasteiger charge is -2.29. The zero-order chi connectivity index (χ0) is 12.0. The van der Waals surface area contributed by atoms with Crippen LogP contribution in [0.25, 0.3) is 0 Å². The Hall–Kier alpha value is -1.04. The van der Waals surface area contributed by atoms with Gasteiger partial charge < -0.3 is 14.0 Å². The van der Waals surface area contributed by atoms with Crippen LogP contribution in [0, 0.1) is 0 Å². The molecule has 4 nitrogen and oxygen atoms in total. The maximum atomic E-state index is 5.90. The van der Waals surface area contributed by atoms with Crippen LogP contribution < -0.4 is 5.32 Å². The molecule has 17 heavy (non-hydrogen) atoms. The van der Waals surface area contributed by atoms with Crippen molar-refractivity contribution in [1.82, 2.24) is 5.32 Å². The molecule has 2 unspecified atom stereocenters. The fraction of sp³-hybridized carbons (Fsp3) is 0.500. The van der Waals surface area contributed by atoms with Crippen LogP contribution in [0.5, 0.6) is 0 Å². The van der Waals surface area contributed by atoms with Gasteiger partial charge in [-0.15, -0.1) is 0 Å². The summed E-state index contributed by atoms with van der Waals surface area (Å²) < 4.78 is 17.2. The van der Waals surface area contributed by atoms with E-state index in [-0.39, 0.29) is 19.5 Å². The summed E-state index contributed by atoms with van der Waals surface area (Å²) in [7, 11) is 1.63. The number of nitrogens with one attached hydrogen (secondary N) is 1. The van der Waals surface area contributed by atoms with Crippen molar-refractivity contribution in [3.63, 3.8) is 0 Å². The second kappa shape index (κ2) is 4.01. The van der Waals surface area contributed by atoms with Gasteiger partial charge in [-0.25, -0.2) is 0 Å². The molecule has 3 aliphatic heterocycles. The highest BCUT2D eigenvalue weighted by Crippen LogP contribution is 2.38. The molecule has 0 aromatic rings. The highest BCUT2D eigenvalue weighted by molar-refractivity contribution is 6.57. The van der Waals surface area contributed by atoms with Crippen molar-refractivity contribution in [3.05, 3.63) is 34.5 Å². The molecule has 3 heterocycles. The predicted molar refractivity (Wildman–Crippen MR) is 65.1 cm³/mol. The highest BCUT2D eigenvalue weighted by atomic mass is 16.6. The summed E-state index contributed by atoms with van der Waals surface area (Å²) in [6, 6.07) is 0. The van der Waals surface area contributed by atoms with Gasteiger partial charge in [0.05, 0.1) is 12.4 Å². The van der Waals surface area contributed by atoms with E-state index in [1.165, 1.54) is 16.7 Å². The molecule has 1 N–H and O–H groups in total. The first-order valence-electron chi connectivity index (χ1n) is 5.92. The molecule has 0 aliphatic carbocycles. The van der Waals surface area contributed by atoms with Gasteiger partial charge in [-0.2, -0.15) is 0 Å². The van der Waals surface area contributed by atoms with E-state index in [0.717, 1.165) is 5.47 Å². The lowest BCUT2D eigenvalue weighted by molar-refractivity contribution is 0.129. The molecule has 0 aromatic heterocycles. The molecule has 0 aromatic carbocycles. The molecule has 3 aliphatic rings. The standard InChI is InChI=1S/C12H16BNO3/c1-7-9-4-5-15-6-10-8(2)16-13(11(9)10)17-12(7)14-3/h4-5,8,12,14H,6H2,1-3H3. The minimum Gasteiger partial charge on any atom is -0.497 e. The van der Waals surface area contributed by atoms with Crippen LogP contribution in [0.2, 0.25) is 0 Å². The number of hydrogen-bond acceptors (Lipinski definition) is 4. The first-order chi connectivity index (χ1) is 8.22. The molecule has 3 rings (SSSR count). The van der Waals surface area contributed by atoms with Gasteiger partial charge in [0.15, 0.2) is 0 Å². The minimum absolute atomic E-state index is 0.0632. The second-order valence-electron chi connectivity index (χ2n) is 4.56. The maximum absolute atomic E-state index is 5.90. The van der Waals surface area contributed by atoms with Gasteiger partial charge in [0.2, 0.25) is 0 Å². The van der Waals surface area contributed by atoms with E-state index < -0.39 is 0 Å². The number of likely N-dealkylation sites (N-methyl/N-ethyl adjacent to an activating group) is 1. The van der Waals surface area contributed by atoms with Crippen molar-refractivity contribution in [1.29, 1.82) is 0 Å². The van der Waals surface area contributed by atoms with Crippen molar-refractivity contribution in [2.45, 2.75) is 26.2 Å². The summed E-state index contributed by atoms with van der Waals surface area (Å²) in [5.74, 6) is 0. The van der Waals surface area contributed by atoms with Gasteiger partial charge in [-0.05, 0) is 49.2 Å². The molecule has 0 saturated carbocycles. The molecule has 0 fully saturated rings. The van der Waals surface area contributed by atoms with Crippen LogP contribution in [-0.2, 0) is 14.0 Å². The summed E-state index contributed by atoms with van der Waals surface area (Å²) in [6.07, 6.45) is 3.75. The van der Waals surface area contributed by atoms with E-state index in [2.05, 4.69) is 12.2 Å². The average Bonchev–Trinajstić information content (AvgIpc) is 2.53. The van der Waals surface area contributed by atoms with Crippen molar-refractivity contribution in [3.8, 4) is 0 Å². The van der Waals surface area contributed by atoms with Crippen LogP contribution in [0.4, 0.5) is 0 Å². The maximum Gasteiger partial charge on any atom is 0.496 e. The van der Waals surface area contributed by atoms with Crippen molar-refractivity contribution < 1.29 is 14.0 Å². The number of allylic oxidation sites excluding steroid dienone is 3. The van der Waals surface area contributed by atoms with Gasteiger partial charge in [0.1, 0.15) is 12.8 Å². The molecule has 0 saturated heterocycles. The normalized spacial score (nSPS) is 31.6. The Morgan fingerprint density at radius 3 is 3.00 bits per heavy atom. The first kappa shape index (κ1) is 11.1. The van der Waals surface area contributed by atoms with E-state index in [4.69, 9.17) is 14.0 Å². The van der Waals surface area contributed by atoms with Gasteiger partial charge in [0.25, 0.3) is 0 Å². The number of ether oxygens (including phenoxy) is 1. The summed E-state index contributed by atoms with van der Waals surface area (Å²) in [6.45, 7) is 4.71. The Labute approximate surface area is 101 Å². The second-order valence-corrected chi connectivity index (χ2v) is 4.56. The van der Waals surface area contributed by atoms with Crippen LogP contribution in [0.3, 0.4) is 0 Å². The van der Waals surface area contributed by atoms with Crippen LogP contribution >= 0.6 is 0 Å². The molecular formula is C12H16BNO3. The molecule has 0 spiro atoms.